The topological polar surface area (TPSA) is 37.2 Å². The van der Waals surface area contributed by atoms with Crippen molar-refractivity contribution < 1.29 is 4.42 Å². The van der Waals surface area contributed by atoms with Gasteiger partial charge in [0, 0.05) is 37.2 Å². The molecular formula is C11H16N2O. The van der Waals surface area contributed by atoms with Crippen LogP contribution in [0, 0.1) is 0 Å². The Labute approximate surface area is 83.9 Å². The Balaban J connectivity index is 1.74. The monoisotopic (exact) mass is 192 g/mol. The number of hydrogen-bond acceptors (Lipinski definition) is 3. The molecule has 1 aliphatic carbocycles. The average Bonchev–Trinajstić information content (AvgIpc) is 2.59. The summed E-state index contributed by atoms with van der Waals surface area (Å²) >= 11 is 0. The summed E-state index contributed by atoms with van der Waals surface area (Å²) in [5, 5.41) is 6.96. The van der Waals surface area contributed by atoms with Gasteiger partial charge < -0.3 is 15.1 Å². The van der Waals surface area contributed by atoms with Gasteiger partial charge in [-0.1, -0.05) is 0 Å². The number of aryl methyl sites for hydroxylation is 1. The molecule has 1 aromatic heterocycles. The van der Waals surface area contributed by atoms with E-state index in [1.54, 1.807) is 0 Å². The highest BCUT2D eigenvalue weighted by atomic mass is 16.3. The normalized spacial score (nSPS) is 27.0. The molecule has 1 saturated heterocycles. The molecule has 1 aliphatic heterocycles. The third-order valence-corrected chi connectivity index (χ3v) is 3.27. The summed E-state index contributed by atoms with van der Waals surface area (Å²) in [5.74, 6) is 1.20. The number of hydrogen-bond donors (Lipinski definition) is 2. The fourth-order valence-corrected chi connectivity index (χ4v) is 2.35. The number of nitrogens with one attached hydrogen (secondary N) is 2. The molecule has 14 heavy (non-hydrogen) atoms. The highest BCUT2D eigenvalue weighted by Gasteiger charge is 2.26. The Morgan fingerprint density at radius 3 is 3.14 bits per heavy atom. The average molecular weight is 192 g/mol. The quantitative estimate of drug-likeness (QED) is 0.739. The van der Waals surface area contributed by atoms with Gasteiger partial charge in [0.1, 0.15) is 5.76 Å². The summed E-state index contributed by atoms with van der Waals surface area (Å²) in [5.41, 5.74) is 1.39. The van der Waals surface area contributed by atoms with Gasteiger partial charge in [0.25, 0.3) is 0 Å². The van der Waals surface area contributed by atoms with Gasteiger partial charge in [-0.25, -0.2) is 0 Å². The lowest BCUT2D eigenvalue weighted by Crippen LogP contribution is -2.56. The van der Waals surface area contributed by atoms with Crippen LogP contribution in [-0.4, -0.2) is 19.1 Å². The van der Waals surface area contributed by atoms with Crippen molar-refractivity contribution >= 4 is 0 Å². The predicted molar refractivity (Wildman–Crippen MR) is 54.2 cm³/mol. The van der Waals surface area contributed by atoms with E-state index >= 15 is 0 Å². The molecule has 0 aromatic carbocycles. The first kappa shape index (κ1) is 8.50. The summed E-state index contributed by atoms with van der Waals surface area (Å²) in [4.78, 5) is 0. The van der Waals surface area contributed by atoms with Gasteiger partial charge in [-0.15, -0.1) is 0 Å². The van der Waals surface area contributed by atoms with Gasteiger partial charge in [0.2, 0.25) is 0 Å². The van der Waals surface area contributed by atoms with Crippen molar-refractivity contribution in [3.63, 3.8) is 0 Å². The fraction of sp³-hybridized carbons (Fsp3) is 0.636. The number of rotatable bonds is 2. The van der Waals surface area contributed by atoms with E-state index in [4.69, 9.17) is 4.42 Å². The van der Waals surface area contributed by atoms with Crippen LogP contribution >= 0.6 is 0 Å². The summed E-state index contributed by atoms with van der Waals surface area (Å²) in [6, 6.07) is 3.32. The molecule has 3 rings (SSSR count). The zero-order valence-electron chi connectivity index (χ0n) is 8.25. The number of fused-ring (bicyclic) bond motifs is 1. The van der Waals surface area contributed by atoms with Crippen LogP contribution in [-0.2, 0) is 6.42 Å². The maximum absolute atomic E-state index is 5.46. The third kappa shape index (κ3) is 1.37. The minimum Gasteiger partial charge on any atom is -0.469 e. The van der Waals surface area contributed by atoms with Crippen LogP contribution in [0.1, 0.15) is 30.2 Å². The molecule has 1 atom stereocenters. The lowest BCUT2D eigenvalue weighted by Gasteiger charge is -2.33. The minimum absolute atomic E-state index is 0.532. The largest absolute Gasteiger partial charge is 0.469 e. The third-order valence-electron chi connectivity index (χ3n) is 3.27. The Morgan fingerprint density at radius 2 is 2.36 bits per heavy atom. The van der Waals surface area contributed by atoms with Gasteiger partial charge in [-0.3, -0.25) is 0 Å². The SMILES string of the molecule is c1cc2c(o1)CCCC2NC1CNC1. The van der Waals surface area contributed by atoms with Crippen LogP contribution in [0.3, 0.4) is 0 Å². The molecule has 0 amide bonds. The zero-order valence-corrected chi connectivity index (χ0v) is 8.25. The molecule has 0 bridgehead atoms. The van der Waals surface area contributed by atoms with Crippen LogP contribution in [0.2, 0.25) is 0 Å². The first-order valence-electron chi connectivity index (χ1n) is 5.46. The Kier molecular flexibility index (Phi) is 2.07. The maximum atomic E-state index is 5.46. The van der Waals surface area contributed by atoms with Gasteiger partial charge in [-0.05, 0) is 18.9 Å². The van der Waals surface area contributed by atoms with E-state index in [9.17, 15) is 0 Å². The van der Waals surface area contributed by atoms with Gasteiger partial charge >= 0.3 is 0 Å². The molecule has 1 fully saturated rings. The predicted octanol–water partition coefficient (Wildman–Crippen LogP) is 1.22. The highest BCUT2D eigenvalue weighted by molar-refractivity contribution is 5.24. The van der Waals surface area contributed by atoms with Crippen molar-refractivity contribution in [1.82, 2.24) is 10.6 Å². The van der Waals surface area contributed by atoms with E-state index < -0.39 is 0 Å². The van der Waals surface area contributed by atoms with Crippen LogP contribution < -0.4 is 10.6 Å². The number of furan rings is 1. The smallest absolute Gasteiger partial charge is 0.108 e. The molecule has 1 unspecified atom stereocenters. The van der Waals surface area contributed by atoms with Gasteiger partial charge in [-0.2, -0.15) is 0 Å². The molecule has 2 N–H and O–H groups in total. The lowest BCUT2D eigenvalue weighted by atomic mass is 9.92. The van der Waals surface area contributed by atoms with E-state index in [1.807, 2.05) is 6.26 Å². The second kappa shape index (κ2) is 3.41. The summed E-state index contributed by atoms with van der Waals surface area (Å²) in [7, 11) is 0. The molecule has 0 saturated carbocycles. The van der Waals surface area contributed by atoms with Crippen molar-refractivity contribution in [2.75, 3.05) is 13.1 Å². The molecule has 2 aliphatic rings. The van der Waals surface area contributed by atoms with Crippen LogP contribution in [0.5, 0.6) is 0 Å². The van der Waals surface area contributed by atoms with Crippen molar-refractivity contribution in [1.29, 1.82) is 0 Å². The molecule has 2 heterocycles. The second-order valence-corrected chi connectivity index (χ2v) is 4.27. The first-order chi connectivity index (χ1) is 6.93. The minimum atomic E-state index is 0.532. The molecule has 3 heteroatoms. The summed E-state index contributed by atoms with van der Waals surface area (Å²) in [6.45, 7) is 2.23. The Bertz CT molecular complexity index is 317. The highest BCUT2D eigenvalue weighted by Crippen LogP contribution is 2.30. The van der Waals surface area contributed by atoms with Crippen molar-refractivity contribution in [2.45, 2.75) is 31.3 Å². The van der Waals surface area contributed by atoms with Crippen LogP contribution in [0.4, 0.5) is 0 Å². The van der Waals surface area contributed by atoms with E-state index in [-0.39, 0.29) is 0 Å². The molecule has 0 radical (unpaired) electrons. The Hall–Kier alpha value is -0.800. The molecule has 1 aromatic rings. The first-order valence-corrected chi connectivity index (χ1v) is 5.46. The zero-order chi connectivity index (χ0) is 9.38. The van der Waals surface area contributed by atoms with E-state index in [1.165, 1.54) is 24.2 Å². The van der Waals surface area contributed by atoms with Crippen LogP contribution in [0.15, 0.2) is 16.7 Å². The van der Waals surface area contributed by atoms with E-state index in [0.717, 1.165) is 19.5 Å². The molecule has 76 valence electrons. The maximum Gasteiger partial charge on any atom is 0.108 e. The van der Waals surface area contributed by atoms with Crippen molar-refractivity contribution in [3.05, 3.63) is 23.7 Å². The van der Waals surface area contributed by atoms with E-state index in [2.05, 4.69) is 16.7 Å². The molecule has 0 spiro atoms. The lowest BCUT2D eigenvalue weighted by molar-refractivity contribution is 0.305. The van der Waals surface area contributed by atoms with Crippen molar-refractivity contribution in [3.8, 4) is 0 Å². The van der Waals surface area contributed by atoms with Crippen molar-refractivity contribution in [2.24, 2.45) is 0 Å². The molecule has 3 nitrogen and oxygen atoms in total. The standard InChI is InChI=1S/C11H16N2O/c1-2-10(13-8-6-12-7-8)9-4-5-14-11(9)3-1/h4-5,8,10,12-13H,1-3,6-7H2. The second-order valence-electron chi connectivity index (χ2n) is 4.27. The fourth-order valence-electron chi connectivity index (χ4n) is 2.35. The summed E-state index contributed by atoms with van der Waals surface area (Å²) < 4.78 is 5.46. The Morgan fingerprint density at radius 1 is 1.43 bits per heavy atom. The van der Waals surface area contributed by atoms with Crippen LogP contribution in [0.25, 0.3) is 0 Å². The summed E-state index contributed by atoms with van der Waals surface area (Å²) in [6.07, 6.45) is 5.44. The van der Waals surface area contributed by atoms with Gasteiger partial charge in [0.05, 0.1) is 6.26 Å². The molecular weight excluding hydrogens is 176 g/mol. The van der Waals surface area contributed by atoms with E-state index in [0.29, 0.717) is 12.1 Å². The van der Waals surface area contributed by atoms with Gasteiger partial charge in [0.15, 0.2) is 0 Å².